The summed E-state index contributed by atoms with van der Waals surface area (Å²) in [5, 5.41) is 11.8. The molecule has 0 bridgehead atoms. The Bertz CT molecular complexity index is 311. The van der Waals surface area contributed by atoms with E-state index < -0.39 is 21.7 Å². The van der Waals surface area contributed by atoms with E-state index in [1.165, 1.54) is 0 Å². The second kappa shape index (κ2) is 4.94. The Morgan fingerprint density at radius 3 is 2.47 bits per heavy atom. The Morgan fingerprint density at radius 1 is 1.47 bits per heavy atom. The van der Waals surface area contributed by atoms with Gasteiger partial charge in [-0.3, -0.25) is 4.79 Å². The second-order valence-corrected chi connectivity index (χ2v) is 6.38. The minimum Gasteiger partial charge on any atom is -0.481 e. The van der Waals surface area contributed by atoms with Gasteiger partial charge in [0, 0.05) is 12.6 Å². The molecule has 0 aromatic heterocycles. The van der Waals surface area contributed by atoms with E-state index in [9.17, 15) is 13.2 Å². The molecule has 15 heavy (non-hydrogen) atoms. The molecule has 1 heterocycles. The fourth-order valence-corrected chi connectivity index (χ4v) is 3.02. The van der Waals surface area contributed by atoms with E-state index in [-0.39, 0.29) is 17.5 Å². The summed E-state index contributed by atoms with van der Waals surface area (Å²) < 4.78 is 22.2. The van der Waals surface area contributed by atoms with Gasteiger partial charge in [-0.1, -0.05) is 6.92 Å². The molecule has 1 fully saturated rings. The maximum atomic E-state index is 11.1. The monoisotopic (exact) mass is 235 g/mol. The maximum Gasteiger partial charge on any atom is 0.307 e. The van der Waals surface area contributed by atoms with Crippen molar-refractivity contribution >= 4 is 15.8 Å². The van der Waals surface area contributed by atoms with Crippen LogP contribution in [-0.2, 0) is 14.6 Å². The van der Waals surface area contributed by atoms with Gasteiger partial charge in [0.2, 0.25) is 0 Å². The lowest BCUT2D eigenvalue weighted by atomic mass is 10.1. The average molecular weight is 235 g/mol. The SMILES string of the molecule is CC(CNC1CCS(=O)(=O)CC1)C(=O)O. The summed E-state index contributed by atoms with van der Waals surface area (Å²) in [6.07, 6.45) is 1.18. The number of sulfone groups is 1. The van der Waals surface area contributed by atoms with Crippen molar-refractivity contribution in [3.05, 3.63) is 0 Å². The third kappa shape index (κ3) is 4.17. The molecule has 1 atom stereocenters. The van der Waals surface area contributed by atoms with E-state index in [0.29, 0.717) is 19.4 Å². The van der Waals surface area contributed by atoms with Crippen molar-refractivity contribution in [2.24, 2.45) is 5.92 Å². The highest BCUT2D eigenvalue weighted by Gasteiger charge is 2.23. The van der Waals surface area contributed by atoms with Gasteiger partial charge in [-0.2, -0.15) is 0 Å². The van der Waals surface area contributed by atoms with Crippen molar-refractivity contribution < 1.29 is 18.3 Å². The maximum absolute atomic E-state index is 11.1. The topological polar surface area (TPSA) is 83.5 Å². The molecule has 1 saturated heterocycles. The van der Waals surface area contributed by atoms with E-state index in [2.05, 4.69) is 5.32 Å². The summed E-state index contributed by atoms with van der Waals surface area (Å²) in [6, 6.07) is 0.148. The lowest BCUT2D eigenvalue weighted by molar-refractivity contribution is -0.141. The molecule has 1 aliphatic rings. The smallest absolute Gasteiger partial charge is 0.307 e. The van der Waals surface area contributed by atoms with E-state index in [1.807, 2.05) is 0 Å². The number of carboxylic acids is 1. The molecule has 88 valence electrons. The number of carboxylic acid groups (broad SMARTS) is 1. The summed E-state index contributed by atoms with van der Waals surface area (Å²) in [7, 11) is -2.83. The van der Waals surface area contributed by atoms with Crippen molar-refractivity contribution in [1.29, 1.82) is 0 Å². The highest BCUT2D eigenvalue weighted by molar-refractivity contribution is 7.91. The number of nitrogens with one attached hydrogen (secondary N) is 1. The van der Waals surface area contributed by atoms with Crippen LogP contribution in [0.25, 0.3) is 0 Å². The van der Waals surface area contributed by atoms with Crippen LogP contribution in [0.2, 0.25) is 0 Å². The third-order valence-electron chi connectivity index (χ3n) is 2.69. The number of aliphatic carboxylic acids is 1. The summed E-state index contributed by atoms with van der Waals surface area (Å²) in [6.45, 7) is 2.04. The molecular weight excluding hydrogens is 218 g/mol. The Morgan fingerprint density at radius 2 is 2.00 bits per heavy atom. The first kappa shape index (κ1) is 12.4. The summed E-state index contributed by atoms with van der Waals surface area (Å²) in [5.74, 6) is -0.826. The molecule has 0 radical (unpaired) electrons. The first-order valence-electron chi connectivity index (χ1n) is 5.07. The largest absolute Gasteiger partial charge is 0.481 e. The Hall–Kier alpha value is -0.620. The Kier molecular flexibility index (Phi) is 4.10. The minimum absolute atomic E-state index is 0.148. The van der Waals surface area contributed by atoms with Crippen LogP contribution < -0.4 is 5.32 Å². The fraction of sp³-hybridized carbons (Fsp3) is 0.889. The quantitative estimate of drug-likeness (QED) is 0.709. The van der Waals surface area contributed by atoms with E-state index >= 15 is 0 Å². The first-order chi connectivity index (χ1) is 6.91. The summed E-state index contributed by atoms with van der Waals surface area (Å²) >= 11 is 0. The van der Waals surface area contributed by atoms with Gasteiger partial charge >= 0.3 is 5.97 Å². The van der Waals surface area contributed by atoms with Crippen molar-refractivity contribution in [2.45, 2.75) is 25.8 Å². The van der Waals surface area contributed by atoms with E-state index in [1.54, 1.807) is 6.92 Å². The molecule has 0 amide bonds. The summed E-state index contributed by atoms with van der Waals surface area (Å²) in [4.78, 5) is 10.5. The van der Waals surface area contributed by atoms with Gasteiger partial charge in [0.25, 0.3) is 0 Å². The molecule has 1 aliphatic heterocycles. The minimum atomic E-state index is -2.83. The molecule has 0 aromatic carbocycles. The fourth-order valence-electron chi connectivity index (χ4n) is 1.52. The van der Waals surface area contributed by atoms with Crippen LogP contribution in [0.1, 0.15) is 19.8 Å². The van der Waals surface area contributed by atoms with Gasteiger partial charge in [0.15, 0.2) is 0 Å². The second-order valence-electron chi connectivity index (χ2n) is 4.07. The molecule has 6 heteroatoms. The zero-order valence-corrected chi connectivity index (χ0v) is 9.59. The van der Waals surface area contributed by atoms with Crippen LogP contribution in [0, 0.1) is 5.92 Å². The predicted octanol–water partition coefficient (Wildman–Crippen LogP) is -0.126. The molecule has 0 aliphatic carbocycles. The van der Waals surface area contributed by atoms with Crippen LogP contribution in [0.4, 0.5) is 0 Å². The van der Waals surface area contributed by atoms with E-state index in [0.717, 1.165) is 0 Å². The van der Waals surface area contributed by atoms with Gasteiger partial charge in [-0.15, -0.1) is 0 Å². The van der Waals surface area contributed by atoms with Gasteiger partial charge in [-0.25, -0.2) is 8.42 Å². The normalized spacial score (nSPS) is 23.5. The van der Waals surface area contributed by atoms with Gasteiger partial charge < -0.3 is 10.4 Å². The van der Waals surface area contributed by atoms with Crippen LogP contribution in [0.3, 0.4) is 0 Å². The van der Waals surface area contributed by atoms with Gasteiger partial charge in [-0.05, 0) is 12.8 Å². The molecular formula is C9H17NO4S. The zero-order valence-electron chi connectivity index (χ0n) is 8.77. The average Bonchev–Trinajstić information content (AvgIpc) is 2.15. The van der Waals surface area contributed by atoms with Gasteiger partial charge in [0.1, 0.15) is 9.84 Å². The van der Waals surface area contributed by atoms with Crippen molar-refractivity contribution in [3.8, 4) is 0 Å². The molecule has 0 saturated carbocycles. The van der Waals surface area contributed by atoms with Crippen molar-refractivity contribution in [1.82, 2.24) is 5.32 Å². The molecule has 5 nitrogen and oxygen atoms in total. The number of rotatable bonds is 4. The lowest BCUT2D eigenvalue weighted by Gasteiger charge is -2.23. The van der Waals surface area contributed by atoms with Crippen LogP contribution >= 0.6 is 0 Å². The predicted molar refractivity (Wildman–Crippen MR) is 56.5 cm³/mol. The van der Waals surface area contributed by atoms with E-state index in [4.69, 9.17) is 5.11 Å². The van der Waals surface area contributed by atoms with Crippen LogP contribution in [0.5, 0.6) is 0 Å². The number of carbonyl (C=O) groups is 1. The highest BCUT2D eigenvalue weighted by atomic mass is 32.2. The molecule has 0 aromatic rings. The van der Waals surface area contributed by atoms with Crippen molar-refractivity contribution in [2.75, 3.05) is 18.1 Å². The Labute approximate surface area is 89.8 Å². The van der Waals surface area contributed by atoms with Crippen molar-refractivity contribution in [3.63, 3.8) is 0 Å². The Balaban J connectivity index is 2.28. The highest BCUT2D eigenvalue weighted by Crippen LogP contribution is 2.12. The van der Waals surface area contributed by atoms with Crippen LogP contribution in [-0.4, -0.2) is 43.6 Å². The van der Waals surface area contributed by atoms with Gasteiger partial charge in [0.05, 0.1) is 17.4 Å². The molecule has 2 N–H and O–H groups in total. The number of hydrogen-bond acceptors (Lipinski definition) is 4. The standard InChI is InChI=1S/C9H17NO4S/c1-7(9(11)12)6-10-8-2-4-15(13,14)5-3-8/h7-8,10H,2-6H2,1H3,(H,11,12). The molecule has 0 spiro atoms. The first-order valence-corrected chi connectivity index (χ1v) is 6.89. The lowest BCUT2D eigenvalue weighted by Crippen LogP contribution is -2.40. The zero-order chi connectivity index (χ0) is 11.5. The third-order valence-corrected chi connectivity index (χ3v) is 4.40. The van der Waals surface area contributed by atoms with Crippen LogP contribution in [0.15, 0.2) is 0 Å². The summed E-state index contributed by atoms with van der Waals surface area (Å²) in [5.41, 5.74) is 0. The molecule has 1 rings (SSSR count). The number of hydrogen-bond donors (Lipinski definition) is 2. The molecule has 1 unspecified atom stereocenters.